The van der Waals surface area contributed by atoms with Gasteiger partial charge >= 0.3 is 6.09 Å². The van der Waals surface area contributed by atoms with E-state index in [1.54, 1.807) is 55.4 Å². The molecule has 1 aromatic rings. The summed E-state index contributed by atoms with van der Waals surface area (Å²) >= 11 is 0. The monoisotopic (exact) mass is 647 g/mol. The Hall–Kier alpha value is -3.67. The molecule has 0 heterocycles. The fourth-order valence-electron chi connectivity index (χ4n) is 4.51. The van der Waals surface area contributed by atoms with E-state index in [0.29, 0.717) is 12.5 Å². The van der Waals surface area contributed by atoms with E-state index in [1.807, 2.05) is 44.2 Å². The molecule has 0 saturated carbocycles. The lowest BCUT2D eigenvalue weighted by atomic mass is 9.96. The quantitative estimate of drug-likeness (QED) is 0.151. The van der Waals surface area contributed by atoms with Gasteiger partial charge in [-0.05, 0) is 63.9 Å². The van der Waals surface area contributed by atoms with Crippen molar-refractivity contribution in [3.8, 4) is 0 Å². The van der Waals surface area contributed by atoms with Crippen LogP contribution in [0, 0.1) is 17.8 Å². The van der Waals surface area contributed by atoms with Crippen LogP contribution in [-0.4, -0.2) is 77.2 Å². The number of hydrogen-bond acceptors (Lipinski definition) is 7. The van der Waals surface area contributed by atoms with Gasteiger partial charge < -0.3 is 36.4 Å². The van der Waals surface area contributed by atoms with Crippen molar-refractivity contribution in [2.45, 2.75) is 124 Å². The summed E-state index contributed by atoms with van der Waals surface area (Å²) in [5.41, 5.74) is 0.0583. The summed E-state index contributed by atoms with van der Waals surface area (Å²) in [6, 6.07) is 5.50. The third-order valence-corrected chi connectivity index (χ3v) is 7.15. The molecule has 1 rings (SSSR count). The zero-order valence-electron chi connectivity index (χ0n) is 29.2. The van der Waals surface area contributed by atoms with Crippen molar-refractivity contribution in [1.29, 1.82) is 0 Å². The van der Waals surface area contributed by atoms with Crippen LogP contribution in [-0.2, 0) is 30.3 Å². The smallest absolute Gasteiger partial charge is 0.408 e. The number of carbonyl (C=O) groups is 5. The van der Waals surface area contributed by atoms with Gasteiger partial charge in [-0.3, -0.25) is 19.2 Å². The standard InChI is InChI=1S/C34H57N5O7/c1-20(2)16-17-35-30(42)23(7)36-27(41)19-26(40)25(18-24-14-12-11-13-15-24)37-31(43)28(21(3)4)38-32(44)29(22(5)6)39-33(45)46-34(8,9)10/h11-15,20-23,25-26,28-29,40H,16-19H2,1-10H3,(H,35,42)(H,36,41)(H,37,43)(H,38,44)(H,39,45)/t23-,25+,26-,28-,29-/m0/s1. The van der Waals surface area contributed by atoms with E-state index in [1.165, 1.54) is 0 Å². The molecule has 12 nitrogen and oxygen atoms in total. The Morgan fingerprint density at radius 2 is 1.30 bits per heavy atom. The maximum atomic E-state index is 13.6. The number of benzene rings is 1. The number of hydrogen-bond donors (Lipinski definition) is 6. The Labute approximate surface area is 274 Å². The van der Waals surface area contributed by atoms with Crippen molar-refractivity contribution < 1.29 is 33.8 Å². The lowest BCUT2D eigenvalue weighted by Crippen LogP contribution is -2.59. The van der Waals surface area contributed by atoms with E-state index in [0.717, 1.165) is 12.0 Å². The molecule has 12 heteroatoms. The molecule has 5 atom stereocenters. The number of aliphatic hydroxyl groups is 1. The molecule has 6 N–H and O–H groups in total. The molecule has 0 aliphatic heterocycles. The van der Waals surface area contributed by atoms with Gasteiger partial charge in [-0.25, -0.2) is 4.79 Å². The zero-order chi connectivity index (χ0) is 35.2. The highest BCUT2D eigenvalue weighted by Crippen LogP contribution is 2.13. The summed E-state index contributed by atoms with van der Waals surface area (Å²) in [5, 5.41) is 24.8. The average molecular weight is 648 g/mol. The first-order valence-electron chi connectivity index (χ1n) is 16.2. The molecule has 0 aliphatic carbocycles. The zero-order valence-corrected chi connectivity index (χ0v) is 29.2. The normalized spacial score (nSPS) is 14.9. The van der Waals surface area contributed by atoms with Gasteiger partial charge in [0.05, 0.1) is 18.6 Å². The minimum atomic E-state index is -1.30. The topological polar surface area (TPSA) is 175 Å². The molecule has 0 aromatic heterocycles. The summed E-state index contributed by atoms with van der Waals surface area (Å²) < 4.78 is 5.31. The van der Waals surface area contributed by atoms with Crippen LogP contribution in [0.4, 0.5) is 4.79 Å². The van der Waals surface area contributed by atoms with Gasteiger partial charge in [0.2, 0.25) is 23.6 Å². The number of rotatable bonds is 17. The number of aliphatic hydroxyl groups excluding tert-OH is 1. The number of carbonyl (C=O) groups excluding carboxylic acids is 5. The second-order valence-corrected chi connectivity index (χ2v) is 13.9. The first-order valence-corrected chi connectivity index (χ1v) is 16.2. The highest BCUT2D eigenvalue weighted by atomic mass is 16.6. The third-order valence-electron chi connectivity index (χ3n) is 7.15. The van der Waals surface area contributed by atoms with Crippen LogP contribution in [0.5, 0.6) is 0 Å². The maximum absolute atomic E-state index is 13.6. The van der Waals surface area contributed by atoms with Crippen molar-refractivity contribution in [1.82, 2.24) is 26.6 Å². The van der Waals surface area contributed by atoms with Crippen LogP contribution in [0.2, 0.25) is 0 Å². The second kappa shape index (κ2) is 19.1. The van der Waals surface area contributed by atoms with Gasteiger partial charge in [-0.15, -0.1) is 0 Å². The molecular weight excluding hydrogens is 590 g/mol. The van der Waals surface area contributed by atoms with Crippen LogP contribution in [0.3, 0.4) is 0 Å². The Morgan fingerprint density at radius 1 is 0.761 bits per heavy atom. The molecule has 0 radical (unpaired) electrons. The Bertz CT molecular complexity index is 1130. The van der Waals surface area contributed by atoms with E-state index >= 15 is 0 Å². The predicted molar refractivity (Wildman–Crippen MR) is 178 cm³/mol. The van der Waals surface area contributed by atoms with Crippen molar-refractivity contribution in [3.05, 3.63) is 35.9 Å². The number of alkyl carbamates (subject to hydrolysis) is 1. The highest BCUT2D eigenvalue weighted by Gasteiger charge is 2.34. The van der Waals surface area contributed by atoms with Crippen LogP contribution in [0.15, 0.2) is 30.3 Å². The van der Waals surface area contributed by atoms with E-state index in [-0.39, 0.29) is 30.6 Å². The predicted octanol–water partition coefficient (Wildman–Crippen LogP) is 2.82. The Balaban J connectivity index is 3.05. The molecule has 0 unspecified atom stereocenters. The molecule has 0 fully saturated rings. The largest absolute Gasteiger partial charge is 0.444 e. The van der Waals surface area contributed by atoms with Crippen LogP contribution < -0.4 is 26.6 Å². The molecule has 0 aliphatic rings. The average Bonchev–Trinajstić information content (AvgIpc) is 2.92. The molecule has 46 heavy (non-hydrogen) atoms. The lowest BCUT2D eigenvalue weighted by Gasteiger charge is -2.30. The first-order chi connectivity index (χ1) is 21.3. The molecule has 0 saturated heterocycles. The molecule has 260 valence electrons. The van der Waals surface area contributed by atoms with E-state index in [2.05, 4.69) is 26.6 Å². The van der Waals surface area contributed by atoms with Gasteiger partial charge in [0.1, 0.15) is 23.7 Å². The Morgan fingerprint density at radius 3 is 1.83 bits per heavy atom. The van der Waals surface area contributed by atoms with Gasteiger partial charge in [0, 0.05) is 6.54 Å². The van der Waals surface area contributed by atoms with E-state index < -0.39 is 59.7 Å². The number of nitrogens with one attached hydrogen (secondary N) is 5. The van der Waals surface area contributed by atoms with Gasteiger partial charge in [-0.1, -0.05) is 71.9 Å². The molecule has 1 aromatic carbocycles. The van der Waals surface area contributed by atoms with Gasteiger partial charge in [0.25, 0.3) is 0 Å². The third kappa shape index (κ3) is 15.6. The fourth-order valence-corrected chi connectivity index (χ4v) is 4.51. The SMILES string of the molecule is CC(C)CCNC(=O)[C@H](C)NC(=O)C[C@H](O)[C@@H](Cc1ccccc1)NC(=O)[C@@H](NC(=O)[C@@H](NC(=O)OC(C)(C)C)C(C)C)C(C)C. The van der Waals surface area contributed by atoms with Crippen molar-refractivity contribution in [3.63, 3.8) is 0 Å². The minimum absolute atomic E-state index is 0.208. The summed E-state index contributed by atoms with van der Waals surface area (Å²) in [5.74, 6) is -2.23. The summed E-state index contributed by atoms with van der Waals surface area (Å²) in [6.45, 7) is 18.4. The highest BCUT2D eigenvalue weighted by molar-refractivity contribution is 5.92. The van der Waals surface area contributed by atoms with Crippen molar-refractivity contribution in [2.24, 2.45) is 17.8 Å². The maximum Gasteiger partial charge on any atom is 0.408 e. The van der Waals surface area contributed by atoms with Gasteiger partial charge in [0.15, 0.2) is 0 Å². The number of ether oxygens (including phenoxy) is 1. The summed E-state index contributed by atoms with van der Waals surface area (Å²) in [6.07, 6.45) is -1.41. The minimum Gasteiger partial charge on any atom is -0.444 e. The van der Waals surface area contributed by atoms with Crippen LogP contribution >= 0.6 is 0 Å². The molecule has 5 amide bonds. The molecule has 0 spiro atoms. The van der Waals surface area contributed by atoms with E-state index in [9.17, 15) is 29.1 Å². The summed E-state index contributed by atoms with van der Waals surface area (Å²) in [4.78, 5) is 64.6. The Kier molecular flexibility index (Phi) is 16.8. The fraction of sp³-hybridized carbons (Fsp3) is 0.676. The number of amides is 5. The van der Waals surface area contributed by atoms with Crippen molar-refractivity contribution >= 4 is 29.7 Å². The molecule has 0 bridgehead atoms. The second-order valence-electron chi connectivity index (χ2n) is 13.9. The first kappa shape index (κ1) is 40.4. The van der Waals surface area contributed by atoms with Crippen LogP contribution in [0.25, 0.3) is 0 Å². The summed E-state index contributed by atoms with van der Waals surface area (Å²) in [7, 11) is 0. The van der Waals surface area contributed by atoms with Crippen LogP contribution in [0.1, 0.15) is 87.6 Å². The van der Waals surface area contributed by atoms with Gasteiger partial charge in [-0.2, -0.15) is 0 Å². The van der Waals surface area contributed by atoms with Crippen molar-refractivity contribution in [2.75, 3.05) is 6.54 Å². The lowest BCUT2D eigenvalue weighted by molar-refractivity contribution is -0.133. The van der Waals surface area contributed by atoms with E-state index in [4.69, 9.17) is 4.74 Å². The molecular formula is C34H57N5O7.